The first kappa shape index (κ1) is 23.1. The van der Waals surface area contributed by atoms with Crippen LogP contribution in [0.2, 0.25) is 0 Å². The molecule has 0 aliphatic carbocycles. The maximum Gasteiger partial charge on any atom is 0.191 e. The summed E-state index contributed by atoms with van der Waals surface area (Å²) in [5.41, 5.74) is 0.981. The van der Waals surface area contributed by atoms with Crippen LogP contribution >= 0.6 is 24.0 Å². The number of benzene rings is 1. The molecule has 2 N–H and O–H groups in total. The third kappa shape index (κ3) is 7.75. The lowest BCUT2D eigenvalue weighted by Gasteiger charge is -2.35. The summed E-state index contributed by atoms with van der Waals surface area (Å²) in [5.74, 6) is 1.12. The van der Waals surface area contributed by atoms with E-state index in [4.69, 9.17) is 4.74 Å². The van der Waals surface area contributed by atoms with E-state index in [-0.39, 0.29) is 35.8 Å². The summed E-state index contributed by atoms with van der Waals surface area (Å²) in [6.45, 7) is 11.7. The molecule has 1 heterocycles. The van der Waals surface area contributed by atoms with E-state index in [2.05, 4.69) is 41.3 Å². The van der Waals surface area contributed by atoms with Gasteiger partial charge in [-0.3, -0.25) is 9.89 Å². The zero-order chi connectivity index (χ0) is 18.1. The summed E-state index contributed by atoms with van der Waals surface area (Å²) in [5, 5.41) is 6.71. The van der Waals surface area contributed by atoms with Crippen molar-refractivity contribution in [3.05, 3.63) is 35.6 Å². The fourth-order valence-electron chi connectivity index (χ4n) is 2.87. The number of hydrogen-bond donors (Lipinski definition) is 2. The minimum Gasteiger partial charge on any atom is -0.379 e. The van der Waals surface area contributed by atoms with Crippen LogP contribution in [0.3, 0.4) is 0 Å². The first-order valence-electron chi connectivity index (χ1n) is 9.19. The van der Waals surface area contributed by atoms with Crippen molar-refractivity contribution in [1.82, 2.24) is 15.5 Å². The van der Waals surface area contributed by atoms with Gasteiger partial charge in [-0.25, -0.2) is 4.39 Å². The molecule has 1 unspecified atom stereocenters. The molecule has 1 aliphatic heterocycles. The number of ether oxygens (including phenoxy) is 1. The molecule has 0 amide bonds. The number of nitrogens with zero attached hydrogens (tertiary/aromatic N) is 2. The highest BCUT2D eigenvalue weighted by molar-refractivity contribution is 14.0. The largest absolute Gasteiger partial charge is 0.379 e. The smallest absolute Gasteiger partial charge is 0.191 e. The predicted octanol–water partition coefficient (Wildman–Crippen LogP) is 3.03. The van der Waals surface area contributed by atoms with Gasteiger partial charge in [-0.15, -0.1) is 24.0 Å². The van der Waals surface area contributed by atoms with Crippen molar-refractivity contribution in [3.8, 4) is 0 Å². The molecule has 148 valence electrons. The molecule has 1 fully saturated rings. The van der Waals surface area contributed by atoms with Crippen molar-refractivity contribution >= 4 is 29.9 Å². The average Bonchev–Trinajstić information content (AvgIpc) is 2.60. The second-order valence-electron chi connectivity index (χ2n) is 6.71. The Morgan fingerprint density at radius 1 is 1.27 bits per heavy atom. The standard InChI is InChI=1S/C19H31FN4O.HI/c1-4-21-19(22-13-15(2)3)23-14-18(24-8-10-25-11-9-24)16-6-5-7-17(20)12-16;/h5-7,12,15,18H,4,8-11,13-14H2,1-3H3,(H2,21,22,23);1H. The summed E-state index contributed by atoms with van der Waals surface area (Å²) in [6, 6.07) is 6.96. The number of rotatable bonds is 7. The average molecular weight is 478 g/mol. The predicted molar refractivity (Wildman–Crippen MR) is 116 cm³/mol. The van der Waals surface area contributed by atoms with Crippen molar-refractivity contribution in [3.63, 3.8) is 0 Å². The summed E-state index contributed by atoms with van der Waals surface area (Å²) in [4.78, 5) is 6.96. The number of nitrogens with one attached hydrogen (secondary N) is 2. The van der Waals surface area contributed by atoms with Gasteiger partial charge in [-0.2, -0.15) is 0 Å². The fourth-order valence-corrected chi connectivity index (χ4v) is 2.87. The normalized spacial score (nSPS) is 16.9. The Morgan fingerprint density at radius 2 is 2.00 bits per heavy atom. The van der Waals surface area contributed by atoms with Gasteiger partial charge in [0.25, 0.3) is 0 Å². The van der Waals surface area contributed by atoms with E-state index < -0.39 is 0 Å². The lowest BCUT2D eigenvalue weighted by atomic mass is 10.0. The van der Waals surface area contributed by atoms with Gasteiger partial charge < -0.3 is 15.4 Å². The van der Waals surface area contributed by atoms with Crippen LogP contribution in [0.5, 0.6) is 0 Å². The molecule has 1 aromatic rings. The van der Waals surface area contributed by atoms with Crippen LogP contribution < -0.4 is 10.6 Å². The van der Waals surface area contributed by atoms with Gasteiger partial charge in [0.1, 0.15) is 5.82 Å². The van der Waals surface area contributed by atoms with Gasteiger partial charge in [0.05, 0.1) is 19.3 Å². The lowest BCUT2D eigenvalue weighted by molar-refractivity contribution is 0.0169. The number of morpholine rings is 1. The molecule has 1 aliphatic rings. The van der Waals surface area contributed by atoms with Gasteiger partial charge in [0, 0.05) is 32.7 Å². The van der Waals surface area contributed by atoms with Crippen molar-refractivity contribution in [2.45, 2.75) is 26.8 Å². The highest BCUT2D eigenvalue weighted by Gasteiger charge is 2.23. The summed E-state index contributed by atoms with van der Waals surface area (Å²) >= 11 is 0. The van der Waals surface area contributed by atoms with Gasteiger partial charge in [-0.05, 0) is 30.5 Å². The molecule has 2 rings (SSSR count). The third-order valence-electron chi connectivity index (χ3n) is 4.14. The van der Waals surface area contributed by atoms with E-state index in [0.717, 1.165) is 37.7 Å². The second kappa shape index (κ2) is 12.5. The zero-order valence-electron chi connectivity index (χ0n) is 16.0. The Bertz CT molecular complexity index is 550. The minimum absolute atomic E-state index is 0. The molecule has 1 saturated heterocycles. The molecular weight excluding hydrogens is 446 g/mol. The van der Waals surface area contributed by atoms with Crippen molar-refractivity contribution in [2.75, 3.05) is 45.9 Å². The molecule has 5 nitrogen and oxygen atoms in total. The lowest BCUT2D eigenvalue weighted by Crippen LogP contribution is -2.46. The first-order valence-corrected chi connectivity index (χ1v) is 9.19. The van der Waals surface area contributed by atoms with E-state index in [0.29, 0.717) is 25.7 Å². The van der Waals surface area contributed by atoms with Crippen LogP contribution in [0, 0.1) is 11.7 Å². The van der Waals surface area contributed by atoms with Crippen LogP contribution in [-0.2, 0) is 4.74 Å². The highest BCUT2D eigenvalue weighted by Crippen LogP contribution is 2.22. The highest BCUT2D eigenvalue weighted by atomic mass is 127. The second-order valence-corrected chi connectivity index (χ2v) is 6.71. The van der Waals surface area contributed by atoms with Crippen molar-refractivity contribution in [1.29, 1.82) is 0 Å². The van der Waals surface area contributed by atoms with Crippen LogP contribution in [0.15, 0.2) is 29.3 Å². The monoisotopic (exact) mass is 478 g/mol. The Hall–Kier alpha value is -0.930. The van der Waals surface area contributed by atoms with Gasteiger partial charge >= 0.3 is 0 Å². The summed E-state index contributed by atoms with van der Waals surface area (Å²) in [7, 11) is 0. The molecule has 1 atom stereocenters. The minimum atomic E-state index is -0.198. The van der Waals surface area contributed by atoms with E-state index >= 15 is 0 Å². The quantitative estimate of drug-likeness (QED) is 0.360. The number of hydrogen-bond acceptors (Lipinski definition) is 3. The molecule has 0 saturated carbocycles. The number of halogens is 2. The van der Waals surface area contributed by atoms with Crippen molar-refractivity contribution in [2.24, 2.45) is 10.9 Å². The SMILES string of the molecule is CCNC(=NCC(C)C)NCC(c1cccc(F)c1)N1CCOCC1.I. The maximum atomic E-state index is 13.7. The Balaban J connectivity index is 0.00000338. The molecule has 26 heavy (non-hydrogen) atoms. The zero-order valence-corrected chi connectivity index (χ0v) is 18.3. The van der Waals surface area contributed by atoms with Crippen LogP contribution in [0.4, 0.5) is 4.39 Å². The van der Waals surface area contributed by atoms with Gasteiger partial charge in [0.15, 0.2) is 5.96 Å². The summed E-state index contributed by atoms with van der Waals surface area (Å²) < 4.78 is 19.2. The molecule has 0 aromatic heterocycles. The van der Waals surface area contributed by atoms with Crippen LogP contribution in [0.1, 0.15) is 32.4 Å². The molecule has 0 spiro atoms. The van der Waals surface area contributed by atoms with E-state index in [1.165, 1.54) is 6.07 Å². The molecule has 0 radical (unpaired) electrons. The van der Waals surface area contributed by atoms with E-state index in [9.17, 15) is 4.39 Å². The fraction of sp³-hybridized carbons (Fsp3) is 0.632. The Labute approximate surface area is 173 Å². The van der Waals surface area contributed by atoms with Gasteiger partial charge in [-0.1, -0.05) is 26.0 Å². The maximum absolute atomic E-state index is 13.7. The van der Waals surface area contributed by atoms with Crippen molar-refractivity contribution < 1.29 is 9.13 Å². The molecular formula is C19H32FIN4O. The molecule has 0 bridgehead atoms. The Morgan fingerprint density at radius 3 is 2.62 bits per heavy atom. The molecule has 1 aromatic carbocycles. The first-order chi connectivity index (χ1) is 12.1. The summed E-state index contributed by atoms with van der Waals surface area (Å²) in [6.07, 6.45) is 0. The topological polar surface area (TPSA) is 48.9 Å². The molecule has 7 heteroatoms. The van der Waals surface area contributed by atoms with Crippen LogP contribution in [-0.4, -0.2) is 56.8 Å². The van der Waals surface area contributed by atoms with E-state index in [1.54, 1.807) is 12.1 Å². The van der Waals surface area contributed by atoms with Gasteiger partial charge in [0.2, 0.25) is 0 Å². The van der Waals surface area contributed by atoms with Crippen LogP contribution in [0.25, 0.3) is 0 Å². The van der Waals surface area contributed by atoms with E-state index in [1.807, 2.05) is 6.07 Å². The third-order valence-corrected chi connectivity index (χ3v) is 4.14. The Kier molecular flexibility index (Phi) is 11.1. The number of aliphatic imine (C=N–C) groups is 1. The number of guanidine groups is 1.